The molecule has 3 amide bonds. The van der Waals surface area contributed by atoms with Crippen LogP contribution in [0.2, 0.25) is 10.0 Å². The van der Waals surface area contributed by atoms with Crippen molar-refractivity contribution in [2.45, 2.75) is 46.4 Å². The highest BCUT2D eigenvalue weighted by atomic mass is 35.5. The molecule has 1 aromatic heterocycles. The number of aryl methyl sites for hydroxylation is 2. The van der Waals surface area contributed by atoms with E-state index in [4.69, 9.17) is 32.5 Å². The Morgan fingerprint density at radius 1 is 1.22 bits per heavy atom. The number of fused-ring (bicyclic) bond motifs is 1. The van der Waals surface area contributed by atoms with Crippen LogP contribution in [0.5, 0.6) is 5.75 Å². The lowest BCUT2D eigenvalue weighted by atomic mass is 9.99. The Hall–Kier alpha value is -3.31. The first-order chi connectivity index (χ1) is 19.5. The Morgan fingerprint density at radius 2 is 1.98 bits per heavy atom. The van der Waals surface area contributed by atoms with E-state index in [1.165, 1.54) is 0 Å². The van der Waals surface area contributed by atoms with Crippen LogP contribution < -0.4 is 15.4 Å². The maximum Gasteiger partial charge on any atom is 0.323 e. The fourth-order valence-corrected chi connectivity index (χ4v) is 5.13. The van der Waals surface area contributed by atoms with Gasteiger partial charge >= 0.3 is 6.03 Å². The normalized spacial score (nSPS) is 17.9. The summed E-state index contributed by atoms with van der Waals surface area (Å²) in [6.45, 7) is 8.53. The second kappa shape index (κ2) is 13.1. The number of carbonyl (C=O) groups is 2. The first-order valence-corrected chi connectivity index (χ1v) is 14.1. The maximum absolute atomic E-state index is 13.7. The molecular weight excluding hydrogens is 569 g/mol. The number of aromatic nitrogens is 1. The zero-order valence-electron chi connectivity index (χ0n) is 23.7. The average Bonchev–Trinajstić information content (AvgIpc) is 3.24. The molecule has 2 heterocycles. The number of hydrogen-bond acceptors (Lipinski definition) is 7. The number of nitrogens with one attached hydrogen (secondary N) is 2. The molecule has 2 aromatic carbocycles. The van der Waals surface area contributed by atoms with E-state index in [0.717, 1.165) is 5.56 Å². The van der Waals surface area contributed by atoms with Gasteiger partial charge in [0.05, 0.1) is 33.9 Å². The van der Waals surface area contributed by atoms with Crippen LogP contribution in [0.4, 0.5) is 16.2 Å². The minimum atomic E-state index is -0.534. The van der Waals surface area contributed by atoms with E-state index in [-0.39, 0.29) is 30.3 Å². The molecule has 10 nitrogen and oxygen atoms in total. The molecule has 0 saturated heterocycles. The Labute approximate surface area is 249 Å². The molecular formula is C29H35Cl2N5O5. The molecule has 4 rings (SSSR count). The third-order valence-corrected chi connectivity index (χ3v) is 7.88. The summed E-state index contributed by atoms with van der Waals surface area (Å²) in [6.07, 6.45) is -0.364. The standard InChI is InChI=1S/C29H35Cl2N5O5/c1-16-12-36(17(2)15-37)28(38)21-7-6-8-24(32-29(39)33-26-18(3)34-41-19(26)4)27(21)40-25(16)14-35(5)13-20-9-10-22(30)23(31)11-20/h6-11,16-17,25,37H,12-15H2,1-5H3,(H2,32,33,39)/t16-,17+,25+/m0/s1. The molecule has 220 valence electrons. The van der Waals surface area contributed by atoms with Crippen molar-refractivity contribution >= 4 is 46.5 Å². The lowest BCUT2D eigenvalue weighted by Crippen LogP contribution is -2.49. The third kappa shape index (κ3) is 7.13. The van der Waals surface area contributed by atoms with Gasteiger partial charge in [-0.1, -0.05) is 47.4 Å². The predicted molar refractivity (Wildman–Crippen MR) is 159 cm³/mol. The number of hydrogen-bond donors (Lipinski definition) is 3. The number of aliphatic hydroxyl groups is 1. The number of para-hydroxylation sites is 1. The number of aliphatic hydroxyl groups excluding tert-OH is 1. The van der Waals surface area contributed by atoms with Crippen molar-refractivity contribution in [1.82, 2.24) is 15.0 Å². The van der Waals surface area contributed by atoms with Crippen molar-refractivity contribution in [3.05, 3.63) is 69.0 Å². The van der Waals surface area contributed by atoms with Crippen molar-refractivity contribution in [1.29, 1.82) is 0 Å². The number of carbonyl (C=O) groups excluding carboxylic acids is 2. The van der Waals surface area contributed by atoms with Crippen LogP contribution in [-0.2, 0) is 6.54 Å². The Kier molecular flexibility index (Phi) is 9.80. The quantitative estimate of drug-likeness (QED) is 0.307. The summed E-state index contributed by atoms with van der Waals surface area (Å²) in [5, 5.41) is 20.4. The monoisotopic (exact) mass is 603 g/mol. The van der Waals surface area contributed by atoms with Gasteiger partial charge in [0.25, 0.3) is 5.91 Å². The average molecular weight is 605 g/mol. The van der Waals surface area contributed by atoms with Crippen LogP contribution in [-0.4, -0.2) is 70.9 Å². The number of urea groups is 1. The summed E-state index contributed by atoms with van der Waals surface area (Å²) >= 11 is 12.3. The van der Waals surface area contributed by atoms with E-state index in [1.54, 1.807) is 49.9 Å². The van der Waals surface area contributed by atoms with Crippen LogP contribution in [0, 0.1) is 19.8 Å². The molecule has 3 aromatic rings. The molecule has 0 fully saturated rings. The molecule has 3 atom stereocenters. The van der Waals surface area contributed by atoms with Crippen molar-refractivity contribution in [3.8, 4) is 5.75 Å². The van der Waals surface area contributed by atoms with Gasteiger partial charge in [-0.25, -0.2) is 4.79 Å². The molecule has 0 bridgehead atoms. The fraction of sp³-hybridized carbons (Fsp3) is 0.414. The molecule has 0 unspecified atom stereocenters. The molecule has 0 saturated carbocycles. The number of rotatable bonds is 8. The number of anilines is 2. The molecule has 1 aliphatic rings. The number of likely N-dealkylation sites (N-methyl/N-ethyl adjacent to an activating group) is 1. The van der Waals surface area contributed by atoms with Gasteiger partial charge in [0, 0.05) is 25.6 Å². The lowest BCUT2D eigenvalue weighted by molar-refractivity contribution is 0.0343. The van der Waals surface area contributed by atoms with Gasteiger partial charge in [0.15, 0.2) is 11.5 Å². The highest BCUT2D eigenvalue weighted by Crippen LogP contribution is 2.35. The van der Waals surface area contributed by atoms with E-state index in [1.807, 2.05) is 26.1 Å². The maximum atomic E-state index is 13.7. The molecule has 0 aliphatic carbocycles. The lowest BCUT2D eigenvalue weighted by Gasteiger charge is -2.38. The van der Waals surface area contributed by atoms with Crippen LogP contribution in [0.3, 0.4) is 0 Å². The molecule has 1 aliphatic heterocycles. The van der Waals surface area contributed by atoms with Crippen LogP contribution in [0.25, 0.3) is 0 Å². The van der Waals surface area contributed by atoms with E-state index in [0.29, 0.717) is 58.1 Å². The highest BCUT2D eigenvalue weighted by molar-refractivity contribution is 6.42. The molecule has 41 heavy (non-hydrogen) atoms. The topological polar surface area (TPSA) is 120 Å². The number of nitrogens with zero attached hydrogens (tertiary/aromatic N) is 3. The minimum Gasteiger partial charge on any atom is -0.486 e. The van der Waals surface area contributed by atoms with Gasteiger partial charge in [-0.3, -0.25) is 9.69 Å². The summed E-state index contributed by atoms with van der Waals surface area (Å²) in [6, 6.07) is 9.61. The summed E-state index contributed by atoms with van der Waals surface area (Å²) < 4.78 is 11.7. The Morgan fingerprint density at radius 3 is 2.63 bits per heavy atom. The van der Waals surface area contributed by atoms with Gasteiger partial charge in [-0.2, -0.15) is 0 Å². The summed E-state index contributed by atoms with van der Waals surface area (Å²) in [5.74, 6) is 0.341. The second-order valence-electron chi connectivity index (χ2n) is 10.5. The van der Waals surface area contributed by atoms with Gasteiger partial charge in [0.1, 0.15) is 17.5 Å². The number of ether oxygens (including phenoxy) is 1. The molecule has 3 N–H and O–H groups in total. The van der Waals surface area contributed by atoms with Crippen LogP contribution in [0.1, 0.15) is 41.2 Å². The van der Waals surface area contributed by atoms with Gasteiger partial charge in [-0.05, 0) is 57.6 Å². The van der Waals surface area contributed by atoms with Crippen molar-refractivity contribution in [3.63, 3.8) is 0 Å². The van der Waals surface area contributed by atoms with Crippen molar-refractivity contribution < 1.29 is 24.0 Å². The smallest absolute Gasteiger partial charge is 0.323 e. The largest absolute Gasteiger partial charge is 0.486 e. The Bertz CT molecular complexity index is 1390. The zero-order chi connectivity index (χ0) is 29.8. The molecule has 0 radical (unpaired) electrons. The van der Waals surface area contributed by atoms with Gasteiger partial charge < -0.3 is 29.9 Å². The fourth-order valence-electron chi connectivity index (χ4n) is 4.81. The van der Waals surface area contributed by atoms with Gasteiger partial charge in [-0.15, -0.1) is 0 Å². The van der Waals surface area contributed by atoms with Gasteiger partial charge in [0.2, 0.25) is 0 Å². The number of benzene rings is 2. The van der Waals surface area contributed by atoms with Crippen molar-refractivity contribution in [2.24, 2.45) is 5.92 Å². The van der Waals surface area contributed by atoms with Crippen LogP contribution >= 0.6 is 23.2 Å². The summed E-state index contributed by atoms with van der Waals surface area (Å²) in [7, 11) is 1.97. The zero-order valence-corrected chi connectivity index (χ0v) is 25.2. The van der Waals surface area contributed by atoms with E-state index in [9.17, 15) is 14.7 Å². The van der Waals surface area contributed by atoms with E-state index >= 15 is 0 Å². The molecule has 12 heteroatoms. The Balaban J connectivity index is 1.64. The summed E-state index contributed by atoms with van der Waals surface area (Å²) in [5.41, 5.74) is 2.63. The van der Waals surface area contributed by atoms with E-state index < -0.39 is 12.1 Å². The minimum absolute atomic E-state index is 0.110. The highest BCUT2D eigenvalue weighted by Gasteiger charge is 2.34. The predicted octanol–water partition coefficient (Wildman–Crippen LogP) is 5.59. The first kappa shape index (κ1) is 30.6. The third-order valence-electron chi connectivity index (χ3n) is 7.14. The van der Waals surface area contributed by atoms with Crippen LogP contribution in [0.15, 0.2) is 40.9 Å². The number of amides is 3. The van der Waals surface area contributed by atoms with Crippen molar-refractivity contribution in [2.75, 3.05) is 37.4 Å². The summed E-state index contributed by atoms with van der Waals surface area (Å²) in [4.78, 5) is 30.5. The molecule has 0 spiro atoms. The SMILES string of the molecule is Cc1noc(C)c1NC(=O)Nc1cccc2c1O[C@H](CN(C)Cc1ccc(Cl)c(Cl)c1)[C@@H](C)CN([C@H](C)CO)C2=O. The number of halogens is 2. The first-order valence-electron chi connectivity index (χ1n) is 13.3. The van der Waals surface area contributed by atoms with E-state index in [2.05, 4.69) is 20.7 Å². The second-order valence-corrected chi connectivity index (χ2v) is 11.3.